The maximum absolute atomic E-state index is 12.3. The van der Waals surface area contributed by atoms with Gasteiger partial charge in [0.05, 0.1) is 4.90 Å². The van der Waals surface area contributed by atoms with E-state index in [0.29, 0.717) is 13.1 Å². The van der Waals surface area contributed by atoms with Gasteiger partial charge in [0, 0.05) is 36.9 Å². The number of nitrogens with zero attached hydrogens (tertiary/aromatic N) is 1. The van der Waals surface area contributed by atoms with E-state index in [2.05, 4.69) is 21.6 Å². The first-order valence-corrected chi connectivity index (χ1v) is 8.19. The summed E-state index contributed by atoms with van der Waals surface area (Å²) in [5, 5.41) is 4.85. The van der Waals surface area contributed by atoms with Crippen LogP contribution in [0.3, 0.4) is 0 Å². The first kappa shape index (κ1) is 21.8. The Hall–Kier alpha value is -1.18. The zero-order chi connectivity index (χ0) is 15.3. The van der Waals surface area contributed by atoms with Crippen molar-refractivity contribution in [3.63, 3.8) is 0 Å². The fraction of sp³-hybridized carbons (Fsp3) is 0.267. The van der Waals surface area contributed by atoms with Crippen molar-refractivity contribution >= 4 is 45.6 Å². The third-order valence-corrected chi connectivity index (χ3v) is 4.61. The summed E-state index contributed by atoms with van der Waals surface area (Å²) in [7, 11) is -3.52. The normalized spacial score (nSPS) is 12.0. The second-order valence-electron chi connectivity index (χ2n) is 4.85. The topological polar surface area (TPSA) is 71.1 Å². The van der Waals surface area contributed by atoms with E-state index in [-0.39, 0.29) is 35.8 Å². The van der Waals surface area contributed by atoms with Crippen LogP contribution in [-0.4, -0.2) is 32.5 Å². The predicted octanol–water partition coefficient (Wildman–Crippen LogP) is 2.52. The number of sulfonamides is 1. The molecule has 8 heteroatoms. The smallest absolute Gasteiger partial charge is 0.240 e. The average molecular weight is 378 g/mol. The molecule has 1 aromatic carbocycles. The Balaban J connectivity index is 0.00000242. The Morgan fingerprint density at radius 2 is 2.00 bits per heavy atom. The minimum atomic E-state index is -3.52. The highest BCUT2D eigenvalue weighted by atomic mass is 35.5. The molecule has 0 saturated carbocycles. The predicted molar refractivity (Wildman–Crippen MR) is 99.1 cm³/mol. The van der Waals surface area contributed by atoms with E-state index in [1.807, 2.05) is 6.92 Å². The zero-order valence-corrected chi connectivity index (χ0v) is 15.2. The van der Waals surface area contributed by atoms with Gasteiger partial charge in [-0.1, -0.05) is 12.1 Å². The molecule has 1 atom stereocenters. The van der Waals surface area contributed by atoms with Crippen molar-refractivity contribution < 1.29 is 8.42 Å². The second-order valence-corrected chi connectivity index (χ2v) is 6.57. The first-order chi connectivity index (χ1) is 10.0. The van der Waals surface area contributed by atoms with Crippen LogP contribution in [0.1, 0.15) is 6.92 Å². The summed E-state index contributed by atoms with van der Waals surface area (Å²) in [6.45, 7) is 6.61. The van der Waals surface area contributed by atoms with Gasteiger partial charge in [0.25, 0.3) is 0 Å². The maximum atomic E-state index is 12.3. The monoisotopic (exact) mass is 377 g/mol. The van der Waals surface area contributed by atoms with Crippen molar-refractivity contribution in [2.45, 2.75) is 17.9 Å². The Morgan fingerprint density at radius 3 is 2.70 bits per heavy atom. The molecule has 2 N–H and O–H groups in total. The fourth-order valence-electron chi connectivity index (χ4n) is 2.01. The van der Waals surface area contributed by atoms with E-state index in [9.17, 15) is 8.42 Å². The number of aromatic nitrogens is 1. The SMILES string of the molecule is C=CCNC[C@@H](C)NS(=O)(=O)c1ccc2cnccc2c1.Cl.Cl. The molecule has 0 aliphatic heterocycles. The number of hydrogen-bond acceptors (Lipinski definition) is 4. The molecule has 1 heterocycles. The number of hydrogen-bond donors (Lipinski definition) is 2. The lowest BCUT2D eigenvalue weighted by Crippen LogP contribution is -2.39. The van der Waals surface area contributed by atoms with E-state index in [1.165, 1.54) is 0 Å². The molecule has 1 aromatic heterocycles. The van der Waals surface area contributed by atoms with Crippen LogP contribution in [0.4, 0.5) is 0 Å². The molecule has 0 fully saturated rings. The van der Waals surface area contributed by atoms with Crippen molar-refractivity contribution in [3.05, 3.63) is 49.3 Å². The van der Waals surface area contributed by atoms with Crippen LogP contribution in [0.15, 0.2) is 54.2 Å². The third-order valence-electron chi connectivity index (χ3n) is 3.02. The van der Waals surface area contributed by atoms with E-state index in [4.69, 9.17) is 0 Å². The van der Waals surface area contributed by atoms with Gasteiger partial charge >= 0.3 is 0 Å². The Bertz CT molecular complexity index is 738. The Morgan fingerprint density at radius 1 is 1.26 bits per heavy atom. The Labute approximate surface area is 149 Å². The molecule has 23 heavy (non-hydrogen) atoms. The first-order valence-electron chi connectivity index (χ1n) is 6.70. The minimum absolute atomic E-state index is 0. The second kappa shape index (κ2) is 9.85. The Kier molecular flexibility index (Phi) is 9.34. The number of nitrogens with one attached hydrogen (secondary N) is 2. The molecule has 0 amide bonds. The van der Waals surface area contributed by atoms with Gasteiger partial charge in [-0.2, -0.15) is 0 Å². The summed E-state index contributed by atoms with van der Waals surface area (Å²) >= 11 is 0. The lowest BCUT2D eigenvalue weighted by atomic mass is 10.2. The average Bonchev–Trinajstić information content (AvgIpc) is 2.46. The van der Waals surface area contributed by atoms with Crippen molar-refractivity contribution in [1.82, 2.24) is 15.0 Å². The van der Waals surface area contributed by atoms with Gasteiger partial charge in [-0.05, 0) is 30.5 Å². The molecule has 2 rings (SSSR count). The summed E-state index contributed by atoms with van der Waals surface area (Å²) in [6.07, 6.45) is 5.09. The van der Waals surface area contributed by atoms with Gasteiger partial charge in [-0.3, -0.25) is 4.98 Å². The van der Waals surface area contributed by atoms with E-state index >= 15 is 0 Å². The van der Waals surface area contributed by atoms with Crippen molar-refractivity contribution in [3.8, 4) is 0 Å². The zero-order valence-electron chi connectivity index (χ0n) is 12.7. The summed E-state index contributed by atoms with van der Waals surface area (Å²) < 4.78 is 27.3. The van der Waals surface area contributed by atoms with Gasteiger partial charge in [-0.25, -0.2) is 13.1 Å². The molecule has 0 aliphatic rings. The largest absolute Gasteiger partial charge is 0.312 e. The number of benzene rings is 1. The van der Waals surface area contributed by atoms with Crippen LogP contribution in [0.2, 0.25) is 0 Å². The van der Waals surface area contributed by atoms with Crippen LogP contribution in [0.5, 0.6) is 0 Å². The van der Waals surface area contributed by atoms with Crippen LogP contribution in [0.25, 0.3) is 10.8 Å². The molecular formula is C15H21Cl2N3O2S. The standard InChI is InChI=1S/C15H19N3O2S.2ClH/c1-3-7-16-10-12(2)18-21(19,20)15-5-4-14-11-17-8-6-13(14)9-15;;/h3-6,8-9,11-12,16,18H,1,7,10H2,2H3;2*1H/t12-;;/m1../s1. The molecule has 0 spiro atoms. The van der Waals surface area contributed by atoms with Crippen LogP contribution in [-0.2, 0) is 10.0 Å². The van der Waals surface area contributed by atoms with Crippen molar-refractivity contribution in [2.75, 3.05) is 13.1 Å². The van der Waals surface area contributed by atoms with Gasteiger partial charge < -0.3 is 5.32 Å². The molecule has 0 bridgehead atoms. The number of fused-ring (bicyclic) bond motifs is 1. The molecule has 5 nitrogen and oxygen atoms in total. The molecule has 2 aromatic rings. The molecular weight excluding hydrogens is 357 g/mol. The van der Waals surface area contributed by atoms with Crippen molar-refractivity contribution in [1.29, 1.82) is 0 Å². The van der Waals surface area contributed by atoms with Gasteiger partial charge in [0.2, 0.25) is 10.0 Å². The van der Waals surface area contributed by atoms with E-state index < -0.39 is 10.0 Å². The van der Waals surface area contributed by atoms with Gasteiger partial charge in [0.1, 0.15) is 0 Å². The summed E-state index contributed by atoms with van der Waals surface area (Å²) in [5.74, 6) is 0. The molecule has 128 valence electrons. The van der Waals surface area contributed by atoms with E-state index in [1.54, 1.807) is 42.7 Å². The molecule has 0 radical (unpaired) electrons. The highest BCUT2D eigenvalue weighted by molar-refractivity contribution is 7.89. The van der Waals surface area contributed by atoms with Crippen LogP contribution in [0, 0.1) is 0 Å². The summed E-state index contributed by atoms with van der Waals surface area (Å²) in [5.41, 5.74) is 0. The molecule has 0 aliphatic carbocycles. The minimum Gasteiger partial charge on any atom is -0.312 e. The molecule has 0 saturated heterocycles. The lowest BCUT2D eigenvalue weighted by Gasteiger charge is -2.14. The summed E-state index contributed by atoms with van der Waals surface area (Å²) in [6, 6.07) is 6.60. The van der Waals surface area contributed by atoms with Gasteiger partial charge in [-0.15, -0.1) is 31.4 Å². The van der Waals surface area contributed by atoms with Crippen molar-refractivity contribution in [2.24, 2.45) is 0 Å². The summed E-state index contributed by atoms with van der Waals surface area (Å²) in [4.78, 5) is 4.27. The number of rotatable bonds is 7. The third kappa shape index (κ3) is 6.08. The lowest BCUT2D eigenvalue weighted by molar-refractivity contribution is 0.545. The van der Waals surface area contributed by atoms with Crippen LogP contribution < -0.4 is 10.0 Å². The van der Waals surface area contributed by atoms with Crippen LogP contribution >= 0.6 is 24.8 Å². The quantitative estimate of drug-likeness (QED) is 0.574. The fourth-order valence-corrected chi connectivity index (χ4v) is 3.28. The number of pyridine rings is 1. The van der Waals surface area contributed by atoms with Gasteiger partial charge in [0.15, 0.2) is 0 Å². The highest BCUT2D eigenvalue weighted by Crippen LogP contribution is 2.18. The maximum Gasteiger partial charge on any atom is 0.240 e. The number of halogens is 2. The molecule has 0 unspecified atom stereocenters. The van der Waals surface area contributed by atoms with E-state index in [0.717, 1.165) is 10.8 Å². The highest BCUT2D eigenvalue weighted by Gasteiger charge is 2.17.